The van der Waals surface area contributed by atoms with E-state index in [9.17, 15) is 18.0 Å². The number of amides is 2. The van der Waals surface area contributed by atoms with Crippen molar-refractivity contribution in [1.29, 1.82) is 0 Å². The van der Waals surface area contributed by atoms with Crippen LogP contribution in [-0.4, -0.2) is 51.5 Å². The SMILES string of the molecule is Cc1cc2c(cc1S(=O)(=O)N(C)CC(=O)NCc1ccc3c(c1)OCO3)OCC(=O)N2. The van der Waals surface area contributed by atoms with Gasteiger partial charge in [0.25, 0.3) is 5.91 Å². The topological polar surface area (TPSA) is 123 Å². The molecule has 2 heterocycles. The molecule has 10 nitrogen and oxygen atoms in total. The van der Waals surface area contributed by atoms with Crippen molar-refractivity contribution in [3.05, 3.63) is 41.5 Å². The largest absolute Gasteiger partial charge is 0.482 e. The van der Waals surface area contributed by atoms with Crippen molar-refractivity contribution in [1.82, 2.24) is 9.62 Å². The van der Waals surface area contributed by atoms with Gasteiger partial charge in [0.1, 0.15) is 5.75 Å². The van der Waals surface area contributed by atoms with Crippen LogP contribution < -0.4 is 24.8 Å². The number of hydrogen-bond donors (Lipinski definition) is 2. The van der Waals surface area contributed by atoms with Gasteiger partial charge in [0.15, 0.2) is 18.1 Å². The van der Waals surface area contributed by atoms with Crippen molar-refractivity contribution >= 4 is 27.5 Å². The fourth-order valence-electron chi connectivity index (χ4n) is 3.26. The number of fused-ring (bicyclic) bond motifs is 2. The maximum absolute atomic E-state index is 13.0. The number of ether oxygens (including phenoxy) is 3. The zero-order chi connectivity index (χ0) is 22.2. The predicted octanol–water partition coefficient (Wildman–Crippen LogP) is 0.992. The van der Waals surface area contributed by atoms with Gasteiger partial charge in [-0.05, 0) is 36.2 Å². The summed E-state index contributed by atoms with van der Waals surface area (Å²) in [6.07, 6.45) is 0. The third-order valence-corrected chi connectivity index (χ3v) is 6.84. The normalized spacial score (nSPS) is 14.6. The Morgan fingerprint density at radius 2 is 1.90 bits per heavy atom. The number of nitrogens with zero attached hydrogens (tertiary/aromatic N) is 1. The monoisotopic (exact) mass is 447 g/mol. The molecule has 0 fully saturated rings. The summed E-state index contributed by atoms with van der Waals surface area (Å²) in [5.74, 6) is 0.753. The summed E-state index contributed by atoms with van der Waals surface area (Å²) in [6, 6.07) is 8.21. The molecule has 2 N–H and O–H groups in total. The summed E-state index contributed by atoms with van der Waals surface area (Å²) in [6.45, 7) is 1.44. The maximum Gasteiger partial charge on any atom is 0.262 e. The van der Waals surface area contributed by atoms with E-state index in [0.29, 0.717) is 22.7 Å². The number of carbonyl (C=O) groups is 2. The molecular formula is C20H21N3O7S. The molecule has 0 saturated heterocycles. The van der Waals surface area contributed by atoms with Gasteiger partial charge in [-0.15, -0.1) is 0 Å². The first-order chi connectivity index (χ1) is 14.7. The molecule has 0 aliphatic carbocycles. The van der Waals surface area contributed by atoms with Crippen LogP contribution in [0.1, 0.15) is 11.1 Å². The average molecular weight is 447 g/mol. The molecule has 0 unspecified atom stereocenters. The number of carbonyl (C=O) groups excluding carboxylic acids is 2. The van der Waals surface area contributed by atoms with Gasteiger partial charge < -0.3 is 24.8 Å². The molecule has 2 aromatic rings. The van der Waals surface area contributed by atoms with Gasteiger partial charge in [-0.1, -0.05) is 6.07 Å². The number of sulfonamides is 1. The molecule has 4 rings (SSSR count). The fourth-order valence-corrected chi connectivity index (χ4v) is 4.60. The Hall–Kier alpha value is -3.31. The van der Waals surface area contributed by atoms with E-state index in [1.54, 1.807) is 25.1 Å². The van der Waals surface area contributed by atoms with Crippen LogP contribution in [0.4, 0.5) is 5.69 Å². The van der Waals surface area contributed by atoms with Crippen molar-refractivity contribution in [3.8, 4) is 17.2 Å². The lowest BCUT2D eigenvalue weighted by atomic mass is 10.2. The third kappa shape index (κ3) is 4.28. The summed E-state index contributed by atoms with van der Waals surface area (Å²) in [5, 5.41) is 5.34. The van der Waals surface area contributed by atoms with Gasteiger partial charge >= 0.3 is 0 Å². The summed E-state index contributed by atoms with van der Waals surface area (Å²) < 4.78 is 42.9. The molecule has 0 bridgehead atoms. The summed E-state index contributed by atoms with van der Waals surface area (Å²) in [4.78, 5) is 23.8. The van der Waals surface area contributed by atoms with Crippen molar-refractivity contribution < 1.29 is 32.2 Å². The lowest BCUT2D eigenvalue weighted by Gasteiger charge is -2.22. The Morgan fingerprint density at radius 3 is 2.71 bits per heavy atom. The van der Waals surface area contributed by atoms with Crippen LogP contribution in [0.5, 0.6) is 17.2 Å². The van der Waals surface area contributed by atoms with Crippen LogP contribution in [0.15, 0.2) is 35.2 Å². The number of rotatable bonds is 6. The molecule has 0 radical (unpaired) electrons. The first-order valence-electron chi connectivity index (χ1n) is 9.43. The second-order valence-electron chi connectivity index (χ2n) is 7.18. The third-order valence-electron chi connectivity index (χ3n) is 4.89. The molecule has 2 amide bonds. The fraction of sp³-hybridized carbons (Fsp3) is 0.300. The minimum Gasteiger partial charge on any atom is -0.482 e. The van der Waals surface area contributed by atoms with Crippen LogP contribution in [0.2, 0.25) is 0 Å². The van der Waals surface area contributed by atoms with Crippen molar-refractivity contribution in [2.24, 2.45) is 0 Å². The van der Waals surface area contributed by atoms with Crippen molar-refractivity contribution in [2.45, 2.75) is 18.4 Å². The number of likely N-dealkylation sites (N-methyl/N-ethyl adjacent to an activating group) is 1. The van der Waals surface area contributed by atoms with Gasteiger partial charge in [-0.25, -0.2) is 8.42 Å². The molecule has 11 heteroatoms. The Bertz CT molecular complexity index is 1160. The molecule has 31 heavy (non-hydrogen) atoms. The predicted molar refractivity (Wildman–Crippen MR) is 110 cm³/mol. The highest BCUT2D eigenvalue weighted by atomic mass is 32.2. The Kier molecular flexibility index (Phi) is 5.46. The molecule has 2 aliphatic rings. The van der Waals surface area contributed by atoms with E-state index in [4.69, 9.17) is 14.2 Å². The summed E-state index contributed by atoms with van der Waals surface area (Å²) >= 11 is 0. The quantitative estimate of drug-likeness (QED) is 0.677. The van der Waals surface area contributed by atoms with E-state index in [-0.39, 0.29) is 43.0 Å². The van der Waals surface area contributed by atoms with Gasteiger partial charge in [0.2, 0.25) is 22.7 Å². The van der Waals surface area contributed by atoms with E-state index in [2.05, 4.69) is 10.6 Å². The van der Waals surface area contributed by atoms with Crippen molar-refractivity contribution in [3.63, 3.8) is 0 Å². The number of benzene rings is 2. The molecule has 0 aromatic heterocycles. The molecule has 2 aromatic carbocycles. The average Bonchev–Trinajstić information content (AvgIpc) is 3.19. The second kappa shape index (κ2) is 8.08. The Labute approximate surface area is 179 Å². The summed E-state index contributed by atoms with van der Waals surface area (Å²) in [5.41, 5.74) is 1.64. The van der Waals surface area contributed by atoms with E-state index in [1.807, 2.05) is 0 Å². The van der Waals surface area contributed by atoms with Crippen LogP contribution in [0.25, 0.3) is 0 Å². The van der Waals surface area contributed by atoms with Gasteiger partial charge in [0.05, 0.1) is 17.1 Å². The molecule has 164 valence electrons. The standard InChI is InChI=1S/C20H21N3O7S/c1-12-5-14-16(28-10-20(25)22-14)7-18(12)31(26,27)23(2)9-19(24)21-8-13-3-4-15-17(6-13)30-11-29-15/h3-7H,8-11H2,1-2H3,(H,21,24)(H,22,25). The molecular weight excluding hydrogens is 426 g/mol. The van der Waals surface area contributed by atoms with E-state index in [1.165, 1.54) is 19.2 Å². The highest BCUT2D eigenvalue weighted by Gasteiger charge is 2.28. The minimum atomic E-state index is -3.96. The maximum atomic E-state index is 13.0. The zero-order valence-corrected chi connectivity index (χ0v) is 17.7. The van der Waals surface area contributed by atoms with E-state index < -0.39 is 15.9 Å². The highest BCUT2D eigenvalue weighted by Crippen LogP contribution is 2.34. The number of nitrogens with one attached hydrogen (secondary N) is 2. The van der Waals surface area contributed by atoms with Crippen LogP contribution in [0.3, 0.4) is 0 Å². The molecule has 2 aliphatic heterocycles. The number of aryl methyl sites for hydroxylation is 1. The molecule has 0 atom stereocenters. The van der Waals surface area contributed by atoms with Crippen LogP contribution in [-0.2, 0) is 26.2 Å². The van der Waals surface area contributed by atoms with Crippen molar-refractivity contribution in [2.75, 3.05) is 32.3 Å². The first kappa shape index (κ1) is 20.9. The highest BCUT2D eigenvalue weighted by molar-refractivity contribution is 7.89. The van der Waals surface area contributed by atoms with E-state index in [0.717, 1.165) is 9.87 Å². The Balaban J connectivity index is 1.42. The lowest BCUT2D eigenvalue weighted by molar-refractivity contribution is -0.121. The van der Waals surface area contributed by atoms with E-state index >= 15 is 0 Å². The minimum absolute atomic E-state index is 0.00784. The zero-order valence-electron chi connectivity index (χ0n) is 16.9. The number of anilines is 1. The van der Waals surface area contributed by atoms with Crippen LogP contribution in [0, 0.1) is 6.92 Å². The Morgan fingerprint density at radius 1 is 1.13 bits per heavy atom. The molecule has 0 spiro atoms. The second-order valence-corrected chi connectivity index (χ2v) is 9.19. The smallest absolute Gasteiger partial charge is 0.262 e. The lowest BCUT2D eigenvalue weighted by Crippen LogP contribution is -2.38. The number of hydrogen-bond acceptors (Lipinski definition) is 7. The summed E-state index contributed by atoms with van der Waals surface area (Å²) in [7, 11) is -2.63. The van der Waals surface area contributed by atoms with Gasteiger partial charge in [0, 0.05) is 19.7 Å². The van der Waals surface area contributed by atoms with Gasteiger partial charge in [-0.3, -0.25) is 9.59 Å². The van der Waals surface area contributed by atoms with Gasteiger partial charge in [-0.2, -0.15) is 4.31 Å². The first-order valence-corrected chi connectivity index (χ1v) is 10.9. The van der Waals surface area contributed by atoms with Crippen LogP contribution >= 0.6 is 0 Å². The molecule has 0 saturated carbocycles.